The topological polar surface area (TPSA) is 41.9 Å². The van der Waals surface area contributed by atoms with Crippen LogP contribution in [0.1, 0.15) is 30.9 Å². The maximum Gasteiger partial charge on any atom is 0.225 e. The van der Waals surface area contributed by atoms with Crippen molar-refractivity contribution in [2.75, 3.05) is 18.5 Å². The summed E-state index contributed by atoms with van der Waals surface area (Å²) in [6, 6.07) is 12.9. The van der Waals surface area contributed by atoms with E-state index in [4.69, 9.17) is 11.6 Å². The van der Waals surface area contributed by atoms with Crippen LogP contribution in [0.2, 0.25) is 5.28 Å². The van der Waals surface area contributed by atoms with Gasteiger partial charge in [0.05, 0.1) is 5.39 Å². The highest BCUT2D eigenvalue weighted by atomic mass is 35.5. The number of hydrogen-bond donors (Lipinski definition) is 0. The maximum atomic E-state index is 6.25. The summed E-state index contributed by atoms with van der Waals surface area (Å²) in [4.78, 5) is 16.2. The Labute approximate surface area is 180 Å². The molecule has 4 nitrogen and oxygen atoms in total. The van der Waals surface area contributed by atoms with Gasteiger partial charge in [-0.05, 0) is 52.8 Å². The Hall–Kier alpha value is -2.50. The Morgan fingerprint density at radius 2 is 1.76 bits per heavy atom. The van der Waals surface area contributed by atoms with Crippen LogP contribution < -0.4 is 4.90 Å². The Balaban J connectivity index is 1.70. The van der Waals surface area contributed by atoms with Gasteiger partial charge < -0.3 is 4.90 Å². The first-order chi connectivity index (χ1) is 14.0. The summed E-state index contributed by atoms with van der Waals surface area (Å²) in [5.41, 5.74) is 4.92. The van der Waals surface area contributed by atoms with Crippen molar-refractivity contribution in [2.45, 2.75) is 26.2 Å². The van der Waals surface area contributed by atoms with Gasteiger partial charge in [0.25, 0.3) is 0 Å². The van der Waals surface area contributed by atoms with Crippen molar-refractivity contribution in [1.82, 2.24) is 15.0 Å². The summed E-state index contributed by atoms with van der Waals surface area (Å²) in [5.74, 6) is 1.39. The van der Waals surface area contributed by atoms with Crippen LogP contribution in [0, 0.1) is 0 Å². The van der Waals surface area contributed by atoms with E-state index in [1.165, 1.54) is 16.7 Å². The molecule has 3 aromatic heterocycles. The molecule has 4 aromatic rings. The lowest BCUT2D eigenvalue weighted by molar-refractivity contribution is 0.861. The van der Waals surface area contributed by atoms with E-state index in [-0.39, 0.29) is 5.28 Å². The molecule has 0 aliphatic heterocycles. The van der Waals surface area contributed by atoms with Gasteiger partial charge in [0.2, 0.25) is 5.28 Å². The van der Waals surface area contributed by atoms with Crippen LogP contribution in [-0.2, 0) is 6.42 Å². The fraction of sp³-hybridized carbons (Fsp3) is 0.261. The number of likely N-dealkylation sites (N-methyl/N-ethyl adjacent to an activating group) is 1. The SMILES string of the molecule is CC(C)c1ccc(-c2csc3nc(Cl)nc(N(C)CCc4ccncc4)c23)cc1. The minimum Gasteiger partial charge on any atom is -0.359 e. The van der Waals surface area contributed by atoms with Crippen molar-refractivity contribution < 1.29 is 0 Å². The lowest BCUT2D eigenvalue weighted by atomic mass is 9.99. The molecular weight excluding hydrogens is 400 g/mol. The van der Waals surface area contributed by atoms with Crippen LogP contribution in [0.25, 0.3) is 21.3 Å². The van der Waals surface area contributed by atoms with Crippen molar-refractivity contribution in [2.24, 2.45) is 0 Å². The van der Waals surface area contributed by atoms with Crippen molar-refractivity contribution >= 4 is 39.0 Å². The second kappa shape index (κ2) is 8.47. The predicted octanol–water partition coefficient (Wildman–Crippen LogP) is 6.21. The Morgan fingerprint density at radius 3 is 2.45 bits per heavy atom. The first kappa shape index (κ1) is 19.8. The highest BCUT2D eigenvalue weighted by Crippen LogP contribution is 2.39. The number of pyridine rings is 1. The average molecular weight is 423 g/mol. The van der Waals surface area contributed by atoms with Crippen LogP contribution in [0.3, 0.4) is 0 Å². The van der Waals surface area contributed by atoms with Gasteiger partial charge in [-0.3, -0.25) is 4.98 Å². The number of rotatable bonds is 6. The van der Waals surface area contributed by atoms with Gasteiger partial charge in [0, 0.05) is 36.9 Å². The molecule has 1 aromatic carbocycles. The number of nitrogens with zero attached hydrogens (tertiary/aromatic N) is 4. The average Bonchev–Trinajstić information content (AvgIpc) is 3.16. The monoisotopic (exact) mass is 422 g/mol. The van der Waals surface area contributed by atoms with E-state index < -0.39 is 0 Å². The van der Waals surface area contributed by atoms with Gasteiger partial charge in [-0.25, -0.2) is 4.98 Å². The molecule has 0 spiro atoms. The van der Waals surface area contributed by atoms with E-state index in [2.05, 4.69) is 70.4 Å². The number of halogens is 1. The zero-order valence-corrected chi connectivity index (χ0v) is 18.3. The number of aromatic nitrogens is 3. The van der Waals surface area contributed by atoms with E-state index >= 15 is 0 Å². The summed E-state index contributed by atoms with van der Waals surface area (Å²) in [7, 11) is 2.06. The Kier molecular flexibility index (Phi) is 5.79. The molecule has 0 unspecified atom stereocenters. The van der Waals surface area contributed by atoms with Crippen LogP contribution >= 0.6 is 22.9 Å². The third-order valence-electron chi connectivity index (χ3n) is 5.12. The molecule has 4 rings (SSSR count). The first-order valence-corrected chi connectivity index (χ1v) is 10.9. The highest BCUT2D eigenvalue weighted by molar-refractivity contribution is 7.17. The number of fused-ring (bicyclic) bond motifs is 1. The molecule has 29 heavy (non-hydrogen) atoms. The molecule has 0 fully saturated rings. The van der Waals surface area contributed by atoms with Gasteiger partial charge in [0.1, 0.15) is 10.6 Å². The lowest BCUT2D eigenvalue weighted by Gasteiger charge is -2.20. The van der Waals surface area contributed by atoms with E-state index in [0.29, 0.717) is 5.92 Å². The summed E-state index contributed by atoms with van der Waals surface area (Å²) < 4.78 is 0. The van der Waals surface area contributed by atoms with Gasteiger partial charge in [0.15, 0.2) is 0 Å². The van der Waals surface area contributed by atoms with Gasteiger partial charge in [-0.15, -0.1) is 11.3 Å². The van der Waals surface area contributed by atoms with E-state index in [1.54, 1.807) is 11.3 Å². The molecule has 0 bridgehead atoms. The molecule has 148 valence electrons. The minimum absolute atomic E-state index is 0.284. The quantitative estimate of drug-likeness (QED) is 0.346. The largest absolute Gasteiger partial charge is 0.359 e. The van der Waals surface area contributed by atoms with E-state index in [0.717, 1.165) is 34.6 Å². The molecule has 6 heteroatoms. The summed E-state index contributed by atoms with van der Waals surface area (Å²) in [6.07, 6.45) is 4.56. The van der Waals surface area contributed by atoms with Crippen molar-refractivity contribution in [1.29, 1.82) is 0 Å². The highest BCUT2D eigenvalue weighted by Gasteiger charge is 2.18. The molecule has 0 aliphatic rings. The van der Waals surface area contributed by atoms with Crippen LogP contribution in [-0.4, -0.2) is 28.5 Å². The first-order valence-electron chi connectivity index (χ1n) is 9.68. The third kappa shape index (κ3) is 4.26. The molecule has 0 N–H and O–H groups in total. The molecule has 0 aliphatic carbocycles. The van der Waals surface area contributed by atoms with Crippen LogP contribution in [0.4, 0.5) is 5.82 Å². The fourth-order valence-electron chi connectivity index (χ4n) is 3.39. The van der Waals surface area contributed by atoms with Crippen molar-refractivity contribution in [3.05, 3.63) is 70.6 Å². The van der Waals surface area contributed by atoms with Crippen molar-refractivity contribution in [3.8, 4) is 11.1 Å². The molecular formula is C23H23ClN4S. The fourth-order valence-corrected chi connectivity index (χ4v) is 4.54. The second-order valence-corrected chi connectivity index (χ2v) is 8.65. The van der Waals surface area contributed by atoms with Gasteiger partial charge in [-0.2, -0.15) is 4.98 Å². The third-order valence-corrected chi connectivity index (χ3v) is 6.16. The predicted molar refractivity (Wildman–Crippen MR) is 123 cm³/mol. The molecule has 0 saturated heterocycles. The van der Waals surface area contributed by atoms with Crippen LogP contribution in [0.5, 0.6) is 0 Å². The second-order valence-electron chi connectivity index (χ2n) is 7.45. The van der Waals surface area contributed by atoms with Crippen LogP contribution in [0.15, 0.2) is 54.2 Å². The Bertz CT molecular complexity index is 1110. The summed E-state index contributed by atoms with van der Waals surface area (Å²) in [5, 5.41) is 3.50. The molecule has 3 heterocycles. The van der Waals surface area contributed by atoms with Gasteiger partial charge >= 0.3 is 0 Å². The number of hydrogen-bond acceptors (Lipinski definition) is 5. The molecule has 0 saturated carbocycles. The standard InChI is InChI=1S/C23H23ClN4S/c1-15(2)17-4-6-18(7-5-17)19-14-29-22-20(19)21(26-23(24)27-22)28(3)13-10-16-8-11-25-12-9-16/h4-9,11-12,14-15H,10,13H2,1-3H3. The van der Waals surface area contributed by atoms with Crippen molar-refractivity contribution in [3.63, 3.8) is 0 Å². The van der Waals surface area contributed by atoms with E-state index in [1.807, 2.05) is 24.5 Å². The molecule has 0 amide bonds. The van der Waals surface area contributed by atoms with E-state index in [9.17, 15) is 0 Å². The van der Waals surface area contributed by atoms with Gasteiger partial charge in [-0.1, -0.05) is 38.1 Å². The zero-order valence-electron chi connectivity index (χ0n) is 16.8. The molecule has 0 radical (unpaired) electrons. The summed E-state index contributed by atoms with van der Waals surface area (Å²) >= 11 is 7.85. The number of thiophene rings is 1. The lowest BCUT2D eigenvalue weighted by Crippen LogP contribution is -2.22. The zero-order chi connectivity index (χ0) is 20.4. The normalized spacial score (nSPS) is 11.3. The maximum absolute atomic E-state index is 6.25. The molecule has 0 atom stereocenters. The smallest absolute Gasteiger partial charge is 0.225 e. The number of benzene rings is 1. The Morgan fingerprint density at radius 1 is 1.03 bits per heavy atom. The minimum atomic E-state index is 0.284. The summed E-state index contributed by atoms with van der Waals surface area (Å²) in [6.45, 7) is 5.25. The number of anilines is 1.